The van der Waals surface area contributed by atoms with E-state index in [-0.39, 0.29) is 28.9 Å². The molecule has 9 heteroatoms. The van der Waals surface area contributed by atoms with Crippen LogP contribution in [0.4, 0.5) is 13.2 Å². The zero-order valence-electron chi connectivity index (χ0n) is 14.0. The molecule has 1 amide bonds. The van der Waals surface area contributed by atoms with Gasteiger partial charge in [-0.05, 0) is 45.2 Å². The maximum absolute atomic E-state index is 12.9. The number of carbonyl (C=O) groups excluding carboxylic acids is 1. The number of piperidine rings is 1. The summed E-state index contributed by atoms with van der Waals surface area (Å²) in [6.07, 6.45) is -0.412. The fraction of sp³-hybridized carbons (Fsp3) is 0.562. The van der Waals surface area contributed by atoms with Crippen LogP contribution in [0.15, 0.2) is 23.5 Å². The lowest BCUT2D eigenvalue weighted by Crippen LogP contribution is -2.48. The summed E-state index contributed by atoms with van der Waals surface area (Å²) in [4.78, 5) is 14.4. The maximum Gasteiger partial charge on any atom is 0.417 e. The van der Waals surface area contributed by atoms with Gasteiger partial charge < -0.3 is 4.90 Å². The number of likely N-dealkylation sites (tertiary alicyclic amines) is 1. The minimum atomic E-state index is -4.44. The van der Waals surface area contributed by atoms with Gasteiger partial charge in [0.05, 0.1) is 11.3 Å². The number of fused-ring (bicyclic) bond motifs is 1. The van der Waals surface area contributed by atoms with Crippen LogP contribution < -0.4 is 0 Å². The van der Waals surface area contributed by atoms with Crippen molar-refractivity contribution in [3.05, 3.63) is 23.9 Å². The molecule has 2 atom stereocenters. The molecule has 0 radical (unpaired) electrons. The molecule has 5 nitrogen and oxygen atoms in total. The lowest BCUT2D eigenvalue weighted by atomic mass is 9.98. The van der Waals surface area contributed by atoms with Crippen LogP contribution >= 0.6 is 11.8 Å². The van der Waals surface area contributed by atoms with Crippen LogP contribution in [0.25, 0.3) is 5.65 Å². The summed E-state index contributed by atoms with van der Waals surface area (Å²) in [6, 6.07) is 2.62. The third-order valence-corrected chi connectivity index (χ3v) is 5.43. The third-order valence-electron chi connectivity index (χ3n) is 4.50. The molecule has 0 aromatic carbocycles. The molecule has 2 unspecified atom stereocenters. The van der Waals surface area contributed by atoms with Gasteiger partial charge in [0.15, 0.2) is 10.8 Å². The smallest absolute Gasteiger partial charge is 0.337 e. The first kappa shape index (κ1) is 18.0. The number of aromatic nitrogens is 3. The number of nitrogens with zero attached hydrogens (tertiary/aromatic N) is 4. The van der Waals surface area contributed by atoms with E-state index in [1.165, 1.54) is 10.5 Å². The highest BCUT2D eigenvalue weighted by Crippen LogP contribution is 2.30. The van der Waals surface area contributed by atoms with Crippen LogP contribution in [-0.2, 0) is 11.0 Å². The number of alkyl halides is 3. The van der Waals surface area contributed by atoms with E-state index >= 15 is 0 Å². The van der Waals surface area contributed by atoms with Crippen molar-refractivity contribution in [2.75, 3.05) is 5.75 Å². The van der Waals surface area contributed by atoms with Gasteiger partial charge in [-0.3, -0.25) is 9.20 Å². The van der Waals surface area contributed by atoms with E-state index in [1.54, 1.807) is 0 Å². The molecule has 3 rings (SSSR count). The summed E-state index contributed by atoms with van der Waals surface area (Å²) in [7, 11) is 0. The summed E-state index contributed by atoms with van der Waals surface area (Å²) in [5.41, 5.74) is -0.450. The largest absolute Gasteiger partial charge is 0.417 e. The van der Waals surface area contributed by atoms with E-state index in [0.717, 1.165) is 43.3 Å². The van der Waals surface area contributed by atoms with E-state index < -0.39 is 11.7 Å². The number of carbonyl (C=O) groups is 1. The molecule has 0 spiro atoms. The number of halogens is 3. The minimum Gasteiger partial charge on any atom is -0.337 e. The zero-order chi connectivity index (χ0) is 18.2. The Morgan fingerprint density at radius 2 is 1.92 bits per heavy atom. The molecule has 0 saturated carbocycles. The van der Waals surface area contributed by atoms with Crippen LogP contribution in [0.1, 0.15) is 38.7 Å². The molecule has 1 fully saturated rings. The monoisotopic (exact) mass is 372 g/mol. The summed E-state index contributed by atoms with van der Waals surface area (Å²) in [5, 5.41) is 8.06. The Morgan fingerprint density at radius 3 is 2.56 bits per heavy atom. The highest BCUT2D eigenvalue weighted by atomic mass is 32.2. The second-order valence-electron chi connectivity index (χ2n) is 6.34. The van der Waals surface area contributed by atoms with E-state index in [1.807, 2.05) is 18.7 Å². The number of pyridine rings is 1. The van der Waals surface area contributed by atoms with Gasteiger partial charge >= 0.3 is 6.18 Å². The van der Waals surface area contributed by atoms with Crippen LogP contribution in [0.5, 0.6) is 0 Å². The molecule has 0 bridgehead atoms. The Morgan fingerprint density at radius 1 is 1.24 bits per heavy atom. The zero-order valence-corrected chi connectivity index (χ0v) is 14.8. The Kier molecular flexibility index (Phi) is 4.95. The number of hydrogen-bond acceptors (Lipinski definition) is 4. The van der Waals surface area contributed by atoms with Crippen LogP contribution in [-0.4, -0.2) is 43.2 Å². The molecular formula is C16H19F3N4OS. The first-order chi connectivity index (χ1) is 11.8. The predicted octanol–water partition coefficient (Wildman–Crippen LogP) is 3.63. The van der Waals surface area contributed by atoms with Gasteiger partial charge in [-0.15, -0.1) is 10.2 Å². The predicted molar refractivity (Wildman–Crippen MR) is 88.3 cm³/mol. The summed E-state index contributed by atoms with van der Waals surface area (Å²) < 4.78 is 39.9. The summed E-state index contributed by atoms with van der Waals surface area (Å²) in [6.45, 7) is 4.06. The third kappa shape index (κ3) is 3.75. The second kappa shape index (κ2) is 6.86. The van der Waals surface area contributed by atoms with Crippen LogP contribution in [0.2, 0.25) is 0 Å². The first-order valence-corrected chi connectivity index (χ1v) is 9.12. The number of amides is 1. The normalized spacial score (nSPS) is 21.7. The highest BCUT2D eigenvalue weighted by molar-refractivity contribution is 7.99. The molecule has 0 N–H and O–H groups in total. The average Bonchev–Trinajstić information content (AvgIpc) is 2.94. The van der Waals surface area contributed by atoms with Crippen LogP contribution in [0, 0.1) is 0 Å². The maximum atomic E-state index is 12.9. The molecule has 1 saturated heterocycles. The Labute approximate surface area is 147 Å². The molecule has 25 heavy (non-hydrogen) atoms. The molecule has 0 aliphatic carbocycles. The lowest BCUT2D eigenvalue weighted by Gasteiger charge is -2.39. The quantitative estimate of drug-likeness (QED) is 0.772. The summed E-state index contributed by atoms with van der Waals surface area (Å²) in [5.74, 6) is 0.111. The fourth-order valence-corrected chi connectivity index (χ4v) is 4.04. The van der Waals surface area contributed by atoms with Crippen molar-refractivity contribution in [3.8, 4) is 0 Å². The van der Waals surface area contributed by atoms with E-state index in [9.17, 15) is 18.0 Å². The highest BCUT2D eigenvalue weighted by Gasteiger charge is 2.32. The topological polar surface area (TPSA) is 50.5 Å². The summed E-state index contributed by atoms with van der Waals surface area (Å²) >= 11 is 1.11. The van der Waals surface area contributed by atoms with Gasteiger partial charge in [0.25, 0.3) is 0 Å². The van der Waals surface area contributed by atoms with Crippen molar-refractivity contribution < 1.29 is 18.0 Å². The molecule has 2 aromatic heterocycles. The second-order valence-corrected chi connectivity index (χ2v) is 7.29. The van der Waals surface area contributed by atoms with Gasteiger partial charge in [-0.1, -0.05) is 11.8 Å². The van der Waals surface area contributed by atoms with E-state index in [4.69, 9.17) is 0 Å². The molecule has 1 aliphatic heterocycles. The number of thioether (sulfide) groups is 1. The Bertz CT molecular complexity index is 766. The molecule has 1 aliphatic rings. The van der Waals surface area contributed by atoms with Crippen molar-refractivity contribution >= 4 is 23.3 Å². The Hall–Kier alpha value is -1.77. The Balaban J connectivity index is 1.75. The molecule has 3 heterocycles. The van der Waals surface area contributed by atoms with Gasteiger partial charge in [-0.25, -0.2) is 0 Å². The molecule has 2 aromatic rings. The van der Waals surface area contributed by atoms with Crippen molar-refractivity contribution in [3.63, 3.8) is 0 Å². The molecular weight excluding hydrogens is 353 g/mol. The van der Waals surface area contributed by atoms with E-state index in [0.29, 0.717) is 5.65 Å². The minimum absolute atomic E-state index is 0.0200. The molecule has 136 valence electrons. The van der Waals surface area contributed by atoms with Gasteiger partial charge in [0.2, 0.25) is 5.91 Å². The first-order valence-electron chi connectivity index (χ1n) is 8.13. The van der Waals surface area contributed by atoms with Crippen molar-refractivity contribution in [2.24, 2.45) is 0 Å². The fourth-order valence-electron chi connectivity index (χ4n) is 3.25. The van der Waals surface area contributed by atoms with Crippen LogP contribution in [0.3, 0.4) is 0 Å². The average molecular weight is 372 g/mol. The van der Waals surface area contributed by atoms with Crippen molar-refractivity contribution in [1.29, 1.82) is 0 Å². The van der Waals surface area contributed by atoms with Gasteiger partial charge in [-0.2, -0.15) is 13.2 Å². The van der Waals surface area contributed by atoms with Gasteiger partial charge in [0, 0.05) is 18.3 Å². The standard InChI is InChI=1S/C16H19F3N4OS/c1-10-4-3-5-11(2)23(10)14(24)9-25-15-21-20-13-7-6-12(8-22(13)15)16(17,18)19/h6-8,10-11H,3-5,9H2,1-2H3. The number of rotatable bonds is 3. The van der Waals surface area contributed by atoms with E-state index in [2.05, 4.69) is 10.2 Å². The van der Waals surface area contributed by atoms with Crippen molar-refractivity contribution in [2.45, 2.75) is 56.5 Å². The lowest BCUT2D eigenvalue weighted by molar-refractivity contribution is -0.138. The SMILES string of the molecule is CC1CCCC(C)N1C(=O)CSc1nnc2ccc(C(F)(F)F)cn12. The number of hydrogen-bond donors (Lipinski definition) is 0. The van der Waals surface area contributed by atoms with Crippen molar-refractivity contribution in [1.82, 2.24) is 19.5 Å². The van der Waals surface area contributed by atoms with Gasteiger partial charge in [0.1, 0.15) is 0 Å².